The van der Waals surface area contributed by atoms with Crippen molar-refractivity contribution in [2.45, 2.75) is 12.7 Å². The van der Waals surface area contributed by atoms with Gasteiger partial charge in [-0.2, -0.15) is 13.2 Å². The quantitative estimate of drug-likeness (QED) is 0.666. The molecule has 0 unspecified atom stereocenters. The number of hydrogen-bond acceptors (Lipinski definition) is 6. The van der Waals surface area contributed by atoms with Crippen molar-refractivity contribution in [1.82, 2.24) is 14.9 Å². The Morgan fingerprint density at radius 3 is 2.67 bits per heavy atom. The van der Waals surface area contributed by atoms with Crippen molar-refractivity contribution in [2.75, 3.05) is 31.1 Å². The van der Waals surface area contributed by atoms with Gasteiger partial charge in [0.25, 0.3) is 0 Å². The predicted molar refractivity (Wildman–Crippen MR) is 96.5 cm³/mol. The maximum absolute atomic E-state index is 12.9. The molecule has 1 aliphatic heterocycles. The van der Waals surface area contributed by atoms with Crippen LogP contribution in [0.5, 0.6) is 0 Å². The van der Waals surface area contributed by atoms with E-state index in [1.165, 1.54) is 6.20 Å². The fraction of sp³-hybridized carbons (Fsp3) is 0.333. The second-order valence-electron chi connectivity index (χ2n) is 6.32. The number of anilines is 1. The molecule has 142 valence electrons. The Morgan fingerprint density at radius 1 is 1.15 bits per heavy atom. The molecule has 3 aromatic heterocycles. The van der Waals surface area contributed by atoms with Gasteiger partial charge in [0, 0.05) is 49.9 Å². The largest absolute Gasteiger partial charge is 0.472 e. The highest BCUT2D eigenvalue weighted by Gasteiger charge is 2.31. The molecule has 0 aliphatic carbocycles. The molecular formula is C18H17F3N4OS. The summed E-state index contributed by atoms with van der Waals surface area (Å²) >= 11 is 1.57. The van der Waals surface area contributed by atoms with Gasteiger partial charge < -0.3 is 9.32 Å². The average Bonchev–Trinajstić information content (AvgIpc) is 3.33. The Balaban J connectivity index is 1.36. The molecule has 5 nitrogen and oxygen atoms in total. The fourth-order valence-corrected chi connectivity index (χ4v) is 3.83. The molecule has 0 radical (unpaired) electrons. The first-order valence-corrected chi connectivity index (χ1v) is 9.34. The van der Waals surface area contributed by atoms with E-state index in [0.717, 1.165) is 48.0 Å². The van der Waals surface area contributed by atoms with Crippen molar-refractivity contribution in [3.63, 3.8) is 0 Å². The van der Waals surface area contributed by atoms with Crippen LogP contribution in [0.15, 0.2) is 46.7 Å². The van der Waals surface area contributed by atoms with Crippen LogP contribution in [0.4, 0.5) is 19.0 Å². The Kier molecular flexibility index (Phi) is 4.88. The summed E-state index contributed by atoms with van der Waals surface area (Å²) in [5.74, 6) is 0.375. The van der Waals surface area contributed by atoms with Gasteiger partial charge in [-0.15, -0.1) is 11.3 Å². The van der Waals surface area contributed by atoms with Crippen LogP contribution in [-0.4, -0.2) is 41.0 Å². The van der Waals surface area contributed by atoms with Crippen LogP contribution in [0.25, 0.3) is 10.6 Å². The van der Waals surface area contributed by atoms with Crippen LogP contribution >= 0.6 is 11.3 Å². The Hall–Kier alpha value is -2.39. The zero-order valence-electron chi connectivity index (χ0n) is 14.3. The van der Waals surface area contributed by atoms with Crippen LogP contribution in [-0.2, 0) is 12.7 Å². The summed E-state index contributed by atoms with van der Waals surface area (Å²) in [5, 5.41) is 2.95. The van der Waals surface area contributed by atoms with Crippen LogP contribution in [0.2, 0.25) is 0 Å². The second-order valence-corrected chi connectivity index (χ2v) is 7.18. The monoisotopic (exact) mass is 394 g/mol. The fourth-order valence-electron chi connectivity index (χ4n) is 3.03. The number of piperazine rings is 1. The minimum absolute atomic E-state index is 0.375. The molecule has 0 bridgehead atoms. The average molecular weight is 394 g/mol. The zero-order valence-corrected chi connectivity index (χ0v) is 15.1. The third-order valence-corrected chi connectivity index (χ3v) is 5.41. The number of halogens is 3. The van der Waals surface area contributed by atoms with E-state index >= 15 is 0 Å². The molecular weight excluding hydrogens is 377 g/mol. The first-order valence-electron chi connectivity index (χ1n) is 8.46. The lowest BCUT2D eigenvalue weighted by molar-refractivity contribution is -0.137. The van der Waals surface area contributed by atoms with Gasteiger partial charge in [-0.3, -0.25) is 4.90 Å². The molecule has 1 fully saturated rings. The molecule has 1 aliphatic rings. The van der Waals surface area contributed by atoms with Gasteiger partial charge in [-0.25, -0.2) is 9.97 Å². The Morgan fingerprint density at radius 2 is 1.96 bits per heavy atom. The number of hydrogen-bond donors (Lipinski definition) is 0. The number of pyridine rings is 1. The predicted octanol–water partition coefficient (Wildman–Crippen LogP) is 4.14. The van der Waals surface area contributed by atoms with Gasteiger partial charge in [0.1, 0.15) is 17.1 Å². The van der Waals surface area contributed by atoms with E-state index in [2.05, 4.69) is 14.9 Å². The van der Waals surface area contributed by atoms with Crippen molar-refractivity contribution < 1.29 is 17.6 Å². The first-order chi connectivity index (χ1) is 13.0. The van der Waals surface area contributed by atoms with E-state index in [1.54, 1.807) is 23.9 Å². The van der Waals surface area contributed by atoms with E-state index in [-0.39, 0.29) is 0 Å². The number of furan rings is 1. The molecule has 0 aromatic carbocycles. The van der Waals surface area contributed by atoms with E-state index in [4.69, 9.17) is 4.42 Å². The molecule has 0 N–H and O–H groups in total. The maximum Gasteiger partial charge on any atom is 0.416 e. The number of rotatable bonds is 4. The van der Waals surface area contributed by atoms with Crippen molar-refractivity contribution >= 4 is 17.2 Å². The third-order valence-electron chi connectivity index (χ3n) is 4.47. The summed E-state index contributed by atoms with van der Waals surface area (Å²) in [6, 6.07) is 4.00. The molecule has 0 atom stereocenters. The molecule has 0 amide bonds. The lowest BCUT2D eigenvalue weighted by Crippen LogP contribution is -2.46. The minimum Gasteiger partial charge on any atom is -0.472 e. The highest BCUT2D eigenvalue weighted by atomic mass is 32.1. The van der Waals surface area contributed by atoms with Gasteiger partial charge in [0.05, 0.1) is 17.5 Å². The molecule has 3 aromatic rings. The number of aromatic nitrogens is 2. The van der Waals surface area contributed by atoms with Crippen LogP contribution in [0.1, 0.15) is 11.3 Å². The van der Waals surface area contributed by atoms with Crippen LogP contribution < -0.4 is 4.90 Å². The molecule has 0 spiro atoms. The van der Waals surface area contributed by atoms with Gasteiger partial charge in [0.2, 0.25) is 0 Å². The highest BCUT2D eigenvalue weighted by molar-refractivity contribution is 7.13. The highest BCUT2D eigenvalue weighted by Crippen LogP contribution is 2.31. The topological polar surface area (TPSA) is 45.4 Å². The Labute approximate surface area is 158 Å². The molecule has 4 rings (SSSR count). The standard InChI is InChI=1S/C18H17F3N4OS/c19-18(20,21)14-1-3-22-16(9-14)25-6-4-24(5-7-25)10-15-12-27-17(23-15)13-2-8-26-11-13/h1-3,8-9,11-12H,4-7,10H2. The normalized spacial score (nSPS) is 16.0. The minimum atomic E-state index is -4.35. The van der Waals surface area contributed by atoms with E-state index in [9.17, 15) is 13.2 Å². The first kappa shape index (κ1) is 18.0. The molecule has 27 heavy (non-hydrogen) atoms. The van der Waals surface area contributed by atoms with Gasteiger partial charge in [-0.05, 0) is 18.2 Å². The van der Waals surface area contributed by atoms with Crippen molar-refractivity contribution in [3.8, 4) is 10.6 Å². The van der Waals surface area contributed by atoms with Crippen LogP contribution in [0.3, 0.4) is 0 Å². The maximum atomic E-state index is 12.9. The number of nitrogens with zero attached hydrogens (tertiary/aromatic N) is 4. The lowest BCUT2D eigenvalue weighted by Gasteiger charge is -2.35. The van der Waals surface area contributed by atoms with E-state index in [0.29, 0.717) is 18.9 Å². The summed E-state index contributed by atoms with van der Waals surface area (Å²) < 4.78 is 43.7. The van der Waals surface area contributed by atoms with E-state index < -0.39 is 11.7 Å². The smallest absolute Gasteiger partial charge is 0.416 e. The van der Waals surface area contributed by atoms with Crippen molar-refractivity contribution in [2.24, 2.45) is 0 Å². The number of alkyl halides is 3. The summed E-state index contributed by atoms with van der Waals surface area (Å²) in [6.07, 6.45) is 0.162. The van der Waals surface area contributed by atoms with Crippen LogP contribution in [0, 0.1) is 0 Å². The number of thiazole rings is 1. The van der Waals surface area contributed by atoms with Crippen molar-refractivity contribution in [1.29, 1.82) is 0 Å². The lowest BCUT2D eigenvalue weighted by atomic mass is 10.2. The van der Waals surface area contributed by atoms with Crippen molar-refractivity contribution in [3.05, 3.63) is 53.6 Å². The molecule has 1 saturated heterocycles. The van der Waals surface area contributed by atoms with Gasteiger partial charge >= 0.3 is 6.18 Å². The summed E-state index contributed by atoms with van der Waals surface area (Å²) in [5.41, 5.74) is 1.29. The second kappa shape index (κ2) is 7.32. The molecule has 9 heteroatoms. The van der Waals surface area contributed by atoms with Gasteiger partial charge in [0.15, 0.2) is 0 Å². The zero-order chi connectivity index (χ0) is 18.9. The van der Waals surface area contributed by atoms with E-state index in [1.807, 2.05) is 16.3 Å². The summed E-state index contributed by atoms with van der Waals surface area (Å²) in [7, 11) is 0. The SMILES string of the molecule is FC(F)(F)c1ccnc(N2CCN(Cc3csc(-c4ccoc4)n3)CC2)c1. The molecule has 0 saturated carbocycles. The Bertz CT molecular complexity index is 886. The van der Waals surface area contributed by atoms with Gasteiger partial charge in [-0.1, -0.05) is 0 Å². The summed E-state index contributed by atoms with van der Waals surface area (Å²) in [4.78, 5) is 12.9. The third kappa shape index (κ3) is 4.14. The summed E-state index contributed by atoms with van der Waals surface area (Å²) in [6.45, 7) is 3.48. The molecule has 4 heterocycles.